The highest BCUT2D eigenvalue weighted by atomic mass is 16.5. The topological polar surface area (TPSA) is 102 Å². The molecule has 8 heteroatoms. The summed E-state index contributed by atoms with van der Waals surface area (Å²) in [5.41, 5.74) is 2.65. The fourth-order valence-electron chi connectivity index (χ4n) is 3.85. The van der Waals surface area contributed by atoms with Crippen molar-refractivity contribution in [2.24, 2.45) is 0 Å². The SMILES string of the molecule is CNC(=O)Nc1cccc(CC(c2cccnc2)(c2cccnc2)c2cccc(OC)n2)n1. The largest absolute Gasteiger partial charge is 0.481 e. The van der Waals surface area contributed by atoms with Crippen LogP contribution in [0.15, 0.2) is 85.5 Å². The number of aromatic nitrogens is 4. The maximum atomic E-state index is 11.8. The summed E-state index contributed by atoms with van der Waals surface area (Å²) in [4.78, 5) is 30.1. The number of hydrogen-bond donors (Lipinski definition) is 2. The predicted octanol–water partition coefficient (Wildman–Crippen LogP) is 3.60. The molecule has 4 heterocycles. The average Bonchev–Trinajstić information content (AvgIpc) is 2.88. The van der Waals surface area contributed by atoms with E-state index in [0.29, 0.717) is 18.1 Å². The first kappa shape index (κ1) is 21.9. The van der Waals surface area contributed by atoms with Gasteiger partial charge in [-0.05, 0) is 41.5 Å². The Balaban J connectivity index is 1.92. The van der Waals surface area contributed by atoms with Gasteiger partial charge in [-0.3, -0.25) is 15.3 Å². The Kier molecular flexibility index (Phi) is 6.54. The molecule has 0 saturated heterocycles. The molecule has 166 valence electrons. The van der Waals surface area contributed by atoms with Crippen molar-refractivity contribution in [2.75, 3.05) is 19.5 Å². The first-order chi connectivity index (χ1) is 16.2. The second-order valence-electron chi connectivity index (χ2n) is 7.35. The Bertz CT molecular complexity index is 1180. The lowest BCUT2D eigenvalue weighted by molar-refractivity contribution is 0.254. The molecule has 4 aromatic rings. The molecular weight excluding hydrogens is 416 g/mol. The predicted molar refractivity (Wildman–Crippen MR) is 125 cm³/mol. The summed E-state index contributed by atoms with van der Waals surface area (Å²) < 4.78 is 5.43. The van der Waals surface area contributed by atoms with Crippen molar-refractivity contribution in [2.45, 2.75) is 11.8 Å². The van der Waals surface area contributed by atoms with Crippen LogP contribution in [0.25, 0.3) is 0 Å². The van der Waals surface area contributed by atoms with Crippen molar-refractivity contribution < 1.29 is 9.53 Å². The first-order valence-electron chi connectivity index (χ1n) is 10.4. The summed E-state index contributed by atoms with van der Waals surface area (Å²) in [6.45, 7) is 0. The van der Waals surface area contributed by atoms with E-state index < -0.39 is 5.41 Å². The van der Waals surface area contributed by atoms with E-state index in [1.54, 1.807) is 32.6 Å². The van der Waals surface area contributed by atoms with Gasteiger partial charge in [0.05, 0.1) is 18.2 Å². The van der Waals surface area contributed by atoms with Gasteiger partial charge in [-0.1, -0.05) is 24.3 Å². The molecule has 0 fully saturated rings. The molecule has 2 N–H and O–H groups in total. The average molecular weight is 441 g/mol. The van der Waals surface area contributed by atoms with Gasteiger partial charge < -0.3 is 10.1 Å². The zero-order valence-corrected chi connectivity index (χ0v) is 18.4. The molecule has 0 saturated carbocycles. The Morgan fingerprint density at radius 3 is 2.21 bits per heavy atom. The Morgan fingerprint density at radius 1 is 0.909 bits per heavy atom. The van der Waals surface area contributed by atoms with Gasteiger partial charge in [0.25, 0.3) is 0 Å². The number of anilines is 1. The zero-order valence-electron chi connectivity index (χ0n) is 18.4. The molecule has 0 aliphatic rings. The van der Waals surface area contributed by atoms with Crippen LogP contribution in [0.5, 0.6) is 5.88 Å². The maximum Gasteiger partial charge on any atom is 0.320 e. The number of rotatable bonds is 7. The van der Waals surface area contributed by atoms with E-state index in [9.17, 15) is 4.79 Å². The van der Waals surface area contributed by atoms with Crippen LogP contribution in [-0.4, -0.2) is 40.1 Å². The summed E-state index contributed by atoms with van der Waals surface area (Å²) in [6.07, 6.45) is 7.60. The van der Waals surface area contributed by atoms with E-state index in [-0.39, 0.29) is 6.03 Å². The Morgan fingerprint density at radius 2 is 1.61 bits per heavy atom. The fraction of sp³-hybridized carbons (Fsp3) is 0.160. The second kappa shape index (κ2) is 9.86. The summed E-state index contributed by atoms with van der Waals surface area (Å²) in [5, 5.41) is 5.27. The van der Waals surface area contributed by atoms with Crippen molar-refractivity contribution in [1.29, 1.82) is 0 Å². The minimum Gasteiger partial charge on any atom is -0.481 e. The number of urea groups is 1. The number of carbonyl (C=O) groups is 1. The van der Waals surface area contributed by atoms with Crippen molar-refractivity contribution in [1.82, 2.24) is 25.3 Å². The second-order valence-corrected chi connectivity index (χ2v) is 7.35. The summed E-state index contributed by atoms with van der Waals surface area (Å²) >= 11 is 0. The van der Waals surface area contributed by atoms with Gasteiger partial charge in [0.1, 0.15) is 5.82 Å². The fourth-order valence-corrected chi connectivity index (χ4v) is 3.85. The van der Waals surface area contributed by atoms with Crippen molar-refractivity contribution in [3.8, 4) is 5.88 Å². The molecule has 0 aromatic carbocycles. The third-order valence-electron chi connectivity index (χ3n) is 5.40. The minimum absolute atomic E-state index is 0.333. The Labute approximate surface area is 192 Å². The number of amides is 2. The highest BCUT2D eigenvalue weighted by Crippen LogP contribution is 2.41. The van der Waals surface area contributed by atoms with Gasteiger partial charge in [0.2, 0.25) is 5.88 Å². The van der Waals surface area contributed by atoms with E-state index in [2.05, 4.69) is 20.6 Å². The molecule has 0 radical (unpaired) electrons. The molecule has 0 aliphatic heterocycles. The van der Waals surface area contributed by atoms with Crippen LogP contribution in [0.3, 0.4) is 0 Å². The van der Waals surface area contributed by atoms with E-state index in [1.807, 2.05) is 67.0 Å². The molecule has 33 heavy (non-hydrogen) atoms. The van der Waals surface area contributed by atoms with Crippen LogP contribution in [0.4, 0.5) is 10.6 Å². The van der Waals surface area contributed by atoms with Gasteiger partial charge in [0, 0.05) is 50.0 Å². The number of nitrogens with zero attached hydrogens (tertiary/aromatic N) is 4. The highest BCUT2D eigenvalue weighted by Gasteiger charge is 2.39. The summed E-state index contributed by atoms with van der Waals surface area (Å²) in [6, 6.07) is 18.7. The molecule has 0 aliphatic carbocycles. The van der Waals surface area contributed by atoms with Crippen LogP contribution in [-0.2, 0) is 11.8 Å². The third kappa shape index (κ3) is 4.64. The Hall–Kier alpha value is -4.33. The molecule has 2 amide bonds. The van der Waals surface area contributed by atoms with Crippen LogP contribution >= 0.6 is 0 Å². The van der Waals surface area contributed by atoms with Crippen LogP contribution < -0.4 is 15.4 Å². The smallest absolute Gasteiger partial charge is 0.320 e. The van der Waals surface area contributed by atoms with Crippen LogP contribution in [0, 0.1) is 0 Å². The van der Waals surface area contributed by atoms with Gasteiger partial charge in [-0.2, -0.15) is 0 Å². The third-order valence-corrected chi connectivity index (χ3v) is 5.40. The van der Waals surface area contributed by atoms with E-state index in [1.165, 1.54) is 0 Å². The molecule has 0 atom stereocenters. The number of methoxy groups -OCH3 is 1. The normalized spacial score (nSPS) is 11.0. The number of ether oxygens (including phenoxy) is 1. The van der Waals surface area contributed by atoms with E-state index in [0.717, 1.165) is 22.5 Å². The lowest BCUT2D eigenvalue weighted by Crippen LogP contribution is -2.34. The first-order valence-corrected chi connectivity index (χ1v) is 10.4. The molecule has 0 spiro atoms. The molecule has 4 rings (SSSR count). The highest BCUT2D eigenvalue weighted by molar-refractivity contribution is 5.87. The van der Waals surface area contributed by atoms with Gasteiger partial charge in [0.15, 0.2) is 0 Å². The monoisotopic (exact) mass is 440 g/mol. The number of nitrogens with one attached hydrogen (secondary N) is 2. The lowest BCUT2D eigenvalue weighted by atomic mass is 9.69. The minimum atomic E-state index is -0.754. The quantitative estimate of drug-likeness (QED) is 0.455. The van der Waals surface area contributed by atoms with Gasteiger partial charge in [-0.15, -0.1) is 0 Å². The van der Waals surface area contributed by atoms with Crippen LogP contribution in [0.2, 0.25) is 0 Å². The molecule has 8 nitrogen and oxygen atoms in total. The van der Waals surface area contributed by atoms with E-state index >= 15 is 0 Å². The van der Waals surface area contributed by atoms with Crippen molar-refractivity contribution in [3.05, 3.63) is 108 Å². The summed E-state index contributed by atoms with van der Waals surface area (Å²) in [7, 11) is 3.15. The standard InChI is InChI=1S/C25H24N6O2/c1-26-24(32)31-22-11-3-9-20(29-22)15-25(18-7-5-13-27-16-18,19-8-6-14-28-17-19)21-10-4-12-23(30-21)33-2/h3-14,16-17H,15H2,1-2H3,(H2,26,29,31,32). The van der Waals surface area contributed by atoms with E-state index in [4.69, 9.17) is 14.7 Å². The number of carbonyl (C=O) groups excluding carboxylic acids is 1. The number of hydrogen-bond acceptors (Lipinski definition) is 6. The summed E-state index contributed by atoms with van der Waals surface area (Å²) in [5.74, 6) is 0.962. The van der Waals surface area contributed by atoms with Crippen LogP contribution in [0.1, 0.15) is 22.5 Å². The zero-order chi connectivity index (χ0) is 23.1. The lowest BCUT2D eigenvalue weighted by Gasteiger charge is -2.34. The van der Waals surface area contributed by atoms with Crippen molar-refractivity contribution in [3.63, 3.8) is 0 Å². The molecule has 0 unspecified atom stereocenters. The van der Waals surface area contributed by atoms with Gasteiger partial charge >= 0.3 is 6.03 Å². The molecule has 4 aromatic heterocycles. The number of pyridine rings is 4. The molecule has 0 bridgehead atoms. The molecular formula is C25H24N6O2. The maximum absolute atomic E-state index is 11.8. The van der Waals surface area contributed by atoms with Gasteiger partial charge in [-0.25, -0.2) is 14.8 Å². The van der Waals surface area contributed by atoms with Crippen molar-refractivity contribution >= 4 is 11.8 Å².